The van der Waals surface area contributed by atoms with Crippen molar-refractivity contribution in [2.75, 3.05) is 0 Å². The molecule has 1 nitrogen and oxygen atoms in total. The minimum absolute atomic E-state index is 0.315. The van der Waals surface area contributed by atoms with E-state index < -0.39 is 0 Å². The van der Waals surface area contributed by atoms with E-state index in [2.05, 4.69) is 17.2 Å². The van der Waals surface area contributed by atoms with E-state index in [1.54, 1.807) is 12.3 Å². The van der Waals surface area contributed by atoms with Gasteiger partial charge in [0.25, 0.3) is 0 Å². The molecule has 0 unspecified atom stereocenters. The van der Waals surface area contributed by atoms with Gasteiger partial charge in [-0.2, -0.15) is 0 Å². The maximum Gasteiger partial charge on any atom is 0.129 e. The highest BCUT2D eigenvalue weighted by Gasteiger charge is 1.93. The number of thiocarbonyl (C=S) groups is 1. The zero-order chi connectivity index (χ0) is 6.69. The summed E-state index contributed by atoms with van der Waals surface area (Å²) in [5.74, 6) is 0. The molecular formula is C6H4ClNS. The average molecular weight is 158 g/mol. The van der Waals surface area contributed by atoms with E-state index in [1.807, 2.05) is 12.1 Å². The first-order chi connectivity index (χ1) is 4.30. The van der Waals surface area contributed by atoms with E-state index in [0.717, 1.165) is 0 Å². The number of nitrogens with zero attached hydrogens (tertiary/aromatic N) is 1. The summed E-state index contributed by atoms with van der Waals surface area (Å²) < 4.78 is 0.315. The number of rotatable bonds is 1. The highest BCUT2D eigenvalue weighted by molar-refractivity contribution is 7.83. The average Bonchev–Trinajstić information content (AvgIpc) is 1.90. The maximum atomic E-state index is 5.47. The predicted molar refractivity (Wildman–Crippen MR) is 41.8 cm³/mol. The van der Waals surface area contributed by atoms with Gasteiger partial charge in [-0.25, -0.2) is 0 Å². The molecule has 0 spiro atoms. The van der Waals surface area contributed by atoms with Crippen LogP contribution in [0.4, 0.5) is 0 Å². The van der Waals surface area contributed by atoms with Crippen molar-refractivity contribution in [1.29, 1.82) is 0 Å². The van der Waals surface area contributed by atoms with Crippen LogP contribution in [0.25, 0.3) is 0 Å². The van der Waals surface area contributed by atoms with Crippen LogP contribution in [-0.4, -0.2) is 9.31 Å². The molecule has 0 N–H and O–H groups in total. The Bertz CT molecular complexity index is 210. The molecule has 0 saturated heterocycles. The lowest BCUT2D eigenvalue weighted by Crippen LogP contribution is -1.88. The quantitative estimate of drug-likeness (QED) is 0.457. The Balaban J connectivity index is 2.98. The fraction of sp³-hybridized carbons (Fsp3) is 0. The lowest BCUT2D eigenvalue weighted by atomic mass is 10.4. The van der Waals surface area contributed by atoms with Crippen LogP contribution in [0.5, 0.6) is 0 Å². The number of hydrogen-bond acceptors (Lipinski definition) is 2. The van der Waals surface area contributed by atoms with Crippen molar-refractivity contribution in [3.8, 4) is 0 Å². The second kappa shape index (κ2) is 2.90. The van der Waals surface area contributed by atoms with E-state index in [1.165, 1.54) is 0 Å². The van der Waals surface area contributed by atoms with E-state index in [9.17, 15) is 0 Å². The fourth-order valence-corrected chi connectivity index (χ4v) is 0.712. The first-order valence-electron chi connectivity index (χ1n) is 2.41. The lowest BCUT2D eigenvalue weighted by Gasteiger charge is -1.89. The van der Waals surface area contributed by atoms with Crippen LogP contribution < -0.4 is 0 Å². The van der Waals surface area contributed by atoms with Crippen molar-refractivity contribution in [2.24, 2.45) is 0 Å². The van der Waals surface area contributed by atoms with Gasteiger partial charge < -0.3 is 0 Å². The van der Waals surface area contributed by atoms with E-state index in [4.69, 9.17) is 11.6 Å². The smallest absolute Gasteiger partial charge is 0.129 e. The Hall–Kier alpha value is -0.470. The molecule has 0 saturated carbocycles. The molecule has 9 heavy (non-hydrogen) atoms. The molecule has 0 fully saturated rings. The molecule has 1 rings (SSSR count). The largest absolute Gasteiger partial charge is 0.254 e. The molecule has 0 aliphatic rings. The lowest BCUT2D eigenvalue weighted by molar-refractivity contribution is 1.31. The molecule has 0 atom stereocenters. The molecule has 1 aromatic rings. The minimum Gasteiger partial charge on any atom is -0.254 e. The first-order valence-corrected chi connectivity index (χ1v) is 3.20. The van der Waals surface area contributed by atoms with E-state index in [-0.39, 0.29) is 0 Å². The Morgan fingerprint density at radius 2 is 2.33 bits per heavy atom. The van der Waals surface area contributed by atoms with Gasteiger partial charge in [-0.3, -0.25) is 4.98 Å². The molecule has 0 aliphatic heterocycles. The number of hydrogen-bond donors (Lipinski definition) is 0. The van der Waals surface area contributed by atoms with Crippen molar-refractivity contribution in [3.63, 3.8) is 0 Å². The van der Waals surface area contributed by atoms with Gasteiger partial charge in [0, 0.05) is 6.20 Å². The van der Waals surface area contributed by atoms with Crippen LogP contribution in [0.1, 0.15) is 5.69 Å². The third-order valence-electron chi connectivity index (χ3n) is 0.866. The summed E-state index contributed by atoms with van der Waals surface area (Å²) in [5, 5.41) is 0. The second-order valence-electron chi connectivity index (χ2n) is 1.49. The zero-order valence-electron chi connectivity index (χ0n) is 4.54. The van der Waals surface area contributed by atoms with Crippen molar-refractivity contribution in [1.82, 2.24) is 4.98 Å². The van der Waals surface area contributed by atoms with Crippen LogP contribution in [0.15, 0.2) is 24.4 Å². The van der Waals surface area contributed by atoms with Gasteiger partial charge in [-0.05, 0) is 12.1 Å². The Morgan fingerprint density at radius 3 is 2.67 bits per heavy atom. The van der Waals surface area contributed by atoms with Crippen LogP contribution in [0.3, 0.4) is 0 Å². The van der Waals surface area contributed by atoms with Crippen LogP contribution >= 0.6 is 23.8 Å². The summed E-state index contributed by atoms with van der Waals surface area (Å²) in [6.45, 7) is 0. The zero-order valence-corrected chi connectivity index (χ0v) is 6.12. The van der Waals surface area contributed by atoms with Gasteiger partial charge in [0.05, 0.1) is 5.69 Å². The summed E-state index contributed by atoms with van der Waals surface area (Å²) in [6, 6.07) is 5.44. The van der Waals surface area contributed by atoms with Gasteiger partial charge in [0.2, 0.25) is 0 Å². The molecule has 3 heteroatoms. The van der Waals surface area contributed by atoms with Gasteiger partial charge in [-0.15, -0.1) is 0 Å². The summed E-state index contributed by atoms with van der Waals surface area (Å²) in [6.07, 6.45) is 1.66. The summed E-state index contributed by atoms with van der Waals surface area (Å²) in [5.41, 5.74) is 0.661. The summed E-state index contributed by atoms with van der Waals surface area (Å²) in [4.78, 5) is 3.91. The SMILES string of the molecule is S=C(Cl)c1ccccn1. The molecule has 1 heterocycles. The topological polar surface area (TPSA) is 12.9 Å². The third-order valence-corrected chi connectivity index (χ3v) is 1.27. The highest BCUT2D eigenvalue weighted by atomic mass is 35.5. The summed E-state index contributed by atoms with van der Waals surface area (Å²) in [7, 11) is 0. The van der Waals surface area contributed by atoms with E-state index >= 15 is 0 Å². The second-order valence-corrected chi connectivity index (χ2v) is 2.50. The van der Waals surface area contributed by atoms with Gasteiger partial charge in [-0.1, -0.05) is 29.9 Å². The fourth-order valence-electron chi connectivity index (χ4n) is 0.479. The highest BCUT2D eigenvalue weighted by Crippen LogP contribution is 1.98. The van der Waals surface area contributed by atoms with Gasteiger partial charge in [0.15, 0.2) is 0 Å². The molecule has 0 aliphatic carbocycles. The normalized spacial score (nSPS) is 9.00. The Labute approximate surface area is 63.7 Å². The number of pyridine rings is 1. The van der Waals surface area contributed by atoms with Crippen molar-refractivity contribution in [2.45, 2.75) is 0 Å². The molecular weight excluding hydrogens is 154 g/mol. The van der Waals surface area contributed by atoms with Crippen LogP contribution in [0, 0.1) is 0 Å². The molecule has 0 amide bonds. The third kappa shape index (κ3) is 1.73. The maximum absolute atomic E-state index is 5.47. The molecule has 0 bridgehead atoms. The van der Waals surface area contributed by atoms with Crippen LogP contribution in [0.2, 0.25) is 0 Å². The van der Waals surface area contributed by atoms with Gasteiger partial charge >= 0.3 is 0 Å². The summed E-state index contributed by atoms with van der Waals surface area (Å²) >= 11 is 10.1. The molecule has 0 radical (unpaired) electrons. The number of aromatic nitrogens is 1. The molecule has 46 valence electrons. The van der Waals surface area contributed by atoms with Crippen molar-refractivity contribution >= 4 is 28.1 Å². The minimum atomic E-state index is 0.315. The number of halogens is 1. The predicted octanol–water partition coefficient (Wildman–Crippen LogP) is 2.00. The standard InChI is InChI=1S/C6H4ClNS/c7-6(9)5-3-1-2-4-8-5/h1-4H. The van der Waals surface area contributed by atoms with E-state index in [0.29, 0.717) is 10.0 Å². The Kier molecular flexibility index (Phi) is 2.14. The monoisotopic (exact) mass is 157 g/mol. The van der Waals surface area contributed by atoms with Crippen molar-refractivity contribution in [3.05, 3.63) is 30.1 Å². The van der Waals surface area contributed by atoms with Crippen molar-refractivity contribution < 1.29 is 0 Å². The van der Waals surface area contributed by atoms with Gasteiger partial charge in [0.1, 0.15) is 4.32 Å². The Morgan fingerprint density at radius 1 is 1.56 bits per heavy atom. The van der Waals surface area contributed by atoms with Crippen LogP contribution in [-0.2, 0) is 0 Å². The molecule has 1 aromatic heterocycles. The first kappa shape index (κ1) is 6.65. The molecule has 0 aromatic carbocycles.